The van der Waals surface area contributed by atoms with Crippen LogP contribution in [-0.4, -0.2) is 11.1 Å². The third kappa shape index (κ3) is 26.4. The summed E-state index contributed by atoms with van der Waals surface area (Å²) in [7, 11) is 0. The van der Waals surface area contributed by atoms with Crippen molar-refractivity contribution in [2.45, 2.75) is 135 Å². The summed E-state index contributed by atoms with van der Waals surface area (Å²) >= 11 is 0. The average molecular weight is 406 g/mol. The van der Waals surface area contributed by atoms with Crippen molar-refractivity contribution < 1.29 is 29.4 Å². The van der Waals surface area contributed by atoms with Crippen LogP contribution in [-0.2, 0) is 24.3 Å². The van der Waals surface area contributed by atoms with Crippen molar-refractivity contribution in [2.75, 3.05) is 0 Å². The van der Waals surface area contributed by atoms with Crippen molar-refractivity contribution in [3.8, 4) is 0 Å². The van der Waals surface area contributed by atoms with Gasteiger partial charge in [-0.2, -0.15) is 0 Å². The zero-order valence-corrected chi connectivity index (χ0v) is 20.2. The Morgan fingerprint density at radius 2 is 0.760 bits per heavy atom. The molecule has 0 spiro atoms. The molecule has 0 bridgehead atoms. The van der Waals surface area contributed by atoms with Gasteiger partial charge in [-0.1, -0.05) is 122 Å². The summed E-state index contributed by atoms with van der Waals surface area (Å²) in [6, 6.07) is 0. The van der Waals surface area contributed by atoms with Crippen LogP contribution in [0.25, 0.3) is 0 Å². The topological polar surface area (TPSA) is 37.3 Å². The van der Waals surface area contributed by atoms with E-state index in [2.05, 4.69) is 6.92 Å². The fraction of sp³-hybridized carbons (Fsp3) is 0.955. The Bertz CT molecular complexity index is 256. The molecule has 0 aliphatic heterocycles. The molecule has 2 nitrogen and oxygen atoms in total. The van der Waals surface area contributed by atoms with E-state index in [0.717, 1.165) is 12.8 Å². The Morgan fingerprint density at radius 3 is 1.00 bits per heavy atom. The molecule has 0 atom stereocenters. The second-order valence-corrected chi connectivity index (χ2v) is 7.51. The number of unbranched alkanes of at least 4 members (excludes halogenated alkanes) is 18. The molecule has 0 radical (unpaired) electrons. The summed E-state index contributed by atoms with van der Waals surface area (Å²) in [6.07, 6.45) is 26.1. The maximum atomic E-state index is 10.4. The summed E-state index contributed by atoms with van der Waals surface area (Å²) in [5, 5.41) is 8.56. The van der Waals surface area contributed by atoms with Gasteiger partial charge < -0.3 is 5.11 Å². The van der Waals surface area contributed by atoms with E-state index in [0.29, 0.717) is 6.42 Å². The van der Waals surface area contributed by atoms with Crippen LogP contribution in [0.1, 0.15) is 135 Å². The zero-order chi connectivity index (χ0) is 17.7. The minimum absolute atomic E-state index is 0. The predicted molar refractivity (Wildman–Crippen MR) is 106 cm³/mol. The van der Waals surface area contributed by atoms with Gasteiger partial charge in [-0.3, -0.25) is 4.79 Å². The van der Waals surface area contributed by atoms with Gasteiger partial charge in [-0.05, 0) is 6.42 Å². The standard InChI is InChI=1S/C22H44O2.Zn/c1-2-3-4-5-6-7-8-9-10-11-12-13-14-15-16-17-18-19-20-21-22(23)24;/h2-21H2,1H3,(H,23,24);/q;+2. The second kappa shape index (κ2) is 24.1. The molecule has 0 amide bonds. The van der Waals surface area contributed by atoms with Gasteiger partial charge >= 0.3 is 25.4 Å². The van der Waals surface area contributed by atoms with E-state index in [1.165, 1.54) is 109 Å². The molecule has 0 saturated heterocycles. The Balaban J connectivity index is 0. The number of aliphatic carboxylic acids is 1. The maximum absolute atomic E-state index is 10.4. The van der Waals surface area contributed by atoms with E-state index in [1.54, 1.807) is 0 Å². The van der Waals surface area contributed by atoms with E-state index in [-0.39, 0.29) is 19.5 Å². The van der Waals surface area contributed by atoms with Crippen LogP contribution in [0.4, 0.5) is 0 Å². The summed E-state index contributed by atoms with van der Waals surface area (Å²) in [5.74, 6) is -0.651. The van der Waals surface area contributed by atoms with Crippen molar-refractivity contribution in [1.29, 1.82) is 0 Å². The van der Waals surface area contributed by atoms with Gasteiger partial charge in [0, 0.05) is 6.42 Å². The van der Waals surface area contributed by atoms with Gasteiger partial charge in [0.15, 0.2) is 0 Å². The molecule has 0 heterocycles. The van der Waals surface area contributed by atoms with E-state index < -0.39 is 5.97 Å². The third-order valence-corrected chi connectivity index (χ3v) is 4.99. The van der Waals surface area contributed by atoms with Gasteiger partial charge in [-0.15, -0.1) is 0 Å². The Kier molecular flexibility index (Phi) is 26.3. The van der Waals surface area contributed by atoms with Crippen LogP contribution in [0.15, 0.2) is 0 Å². The molecule has 0 aromatic rings. The second-order valence-electron chi connectivity index (χ2n) is 7.51. The molecular weight excluding hydrogens is 362 g/mol. The quantitative estimate of drug-likeness (QED) is 0.165. The van der Waals surface area contributed by atoms with E-state index in [9.17, 15) is 4.79 Å². The fourth-order valence-electron chi connectivity index (χ4n) is 3.35. The molecule has 25 heavy (non-hydrogen) atoms. The molecule has 3 heteroatoms. The first-order chi connectivity index (χ1) is 11.8. The average Bonchev–Trinajstić information content (AvgIpc) is 2.56. The number of carbonyl (C=O) groups is 1. The molecule has 0 aromatic carbocycles. The normalized spacial score (nSPS) is 10.6. The Morgan fingerprint density at radius 1 is 0.520 bits per heavy atom. The van der Waals surface area contributed by atoms with Crippen LogP contribution in [0.5, 0.6) is 0 Å². The molecule has 144 valence electrons. The molecule has 0 rings (SSSR count). The molecule has 0 aliphatic carbocycles. The fourth-order valence-corrected chi connectivity index (χ4v) is 3.35. The number of hydrogen-bond acceptors (Lipinski definition) is 1. The van der Waals surface area contributed by atoms with Crippen LogP contribution >= 0.6 is 0 Å². The molecule has 0 aliphatic rings. The van der Waals surface area contributed by atoms with Crippen molar-refractivity contribution in [2.24, 2.45) is 0 Å². The smallest absolute Gasteiger partial charge is 0.481 e. The van der Waals surface area contributed by atoms with Crippen molar-refractivity contribution in [3.05, 3.63) is 0 Å². The SMILES string of the molecule is CCCCCCCCCCCCCCCCCCCCCC(=O)O.[Zn+2]. The van der Waals surface area contributed by atoms with E-state index in [4.69, 9.17) is 5.11 Å². The number of carboxylic acids is 1. The van der Waals surface area contributed by atoms with Crippen LogP contribution in [0.3, 0.4) is 0 Å². The number of hydrogen-bond donors (Lipinski definition) is 1. The van der Waals surface area contributed by atoms with Gasteiger partial charge in [0.25, 0.3) is 0 Å². The summed E-state index contributed by atoms with van der Waals surface area (Å²) in [5.41, 5.74) is 0. The number of rotatable bonds is 20. The zero-order valence-electron chi connectivity index (χ0n) is 17.2. The van der Waals surface area contributed by atoms with Crippen LogP contribution in [0, 0.1) is 0 Å². The monoisotopic (exact) mass is 404 g/mol. The summed E-state index contributed by atoms with van der Waals surface area (Å²) < 4.78 is 0. The first kappa shape index (κ1) is 27.3. The van der Waals surface area contributed by atoms with Crippen molar-refractivity contribution >= 4 is 5.97 Å². The van der Waals surface area contributed by atoms with Crippen LogP contribution < -0.4 is 0 Å². The van der Waals surface area contributed by atoms with E-state index in [1.807, 2.05) is 0 Å². The number of carboxylic acid groups (broad SMARTS) is 1. The maximum Gasteiger partial charge on any atom is 2.00 e. The van der Waals surface area contributed by atoms with E-state index >= 15 is 0 Å². The molecule has 1 N–H and O–H groups in total. The summed E-state index contributed by atoms with van der Waals surface area (Å²) in [4.78, 5) is 10.4. The molecule has 0 unspecified atom stereocenters. The Hall–Kier alpha value is 0.0934. The molecule has 0 saturated carbocycles. The van der Waals surface area contributed by atoms with Gasteiger partial charge in [0.1, 0.15) is 0 Å². The molecule has 0 fully saturated rings. The van der Waals surface area contributed by atoms with Gasteiger partial charge in [-0.25, -0.2) is 0 Å². The van der Waals surface area contributed by atoms with Crippen LogP contribution in [0.2, 0.25) is 0 Å². The minimum Gasteiger partial charge on any atom is -0.481 e. The predicted octanol–water partition coefficient (Wildman–Crippen LogP) is 7.89. The molecule has 0 aromatic heterocycles. The molecular formula is C22H44O2Zn+2. The van der Waals surface area contributed by atoms with Gasteiger partial charge in [0.05, 0.1) is 0 Å². The minimum atomic E-state index is -0.651. The largest absolute Gasteiger partial charge is 2.00 e. The first-order valence-corrected chi connectivity index (χ1v) is 11.0. The summed E-state index contributed by atoms with van der Waals surface area (Å²) in [6.45, 7) is 2.28. The van der Waals surface area contributed by atoms with Gasteiger partial charge in [0.2, 0.25) is 0 Å². The van der Waals surface area contributed by atoms with Crippen molar-refractivity contribution in [3.63, 3.8) is 0 Å². The van der Waals surface area contributed by atoms with Crippen molar-refractivity contribution in [1.82, 2.24) is 0 Å². The third-order valence-electron chi connectivity index (χ3n) is 4.99. The first-order valence-electron chi connectivity index (χ1n) is 11.0. The Labute approximate surface area is 170 Å².